The van der Waals surface area contributed by atoms with E-state index in [0.717, 1.165) is 12.8 Å². The Morgan fingerprint density at radius 3 is 2.39 bits per heavy atom. The standard InChI is InChI=1S/C21H25NO6/c1-12(23)28-17-9-14-10-19(2,3)21(14)16(20(17,21)4)11-27-18(24)13-5-7-15(8-6-13)22(25)26/h5-8,14,16-17H,9-11H2,1-4H3. The molecule has 0 amide bonds. The maximum atomic E-state index is 12.4. The lowest BCUT2D eigenvalue weighted by Gasteiger charge is -2.53. The van der Waals surface area contributed by atoms with Gasteiger partial charge >= 0.3 is 11.9 Å². The molecule has 7 heteroatoms. The lowest BCUT2D eigenvalue weighted by atomic mass is 9.51. The largest absolute Gasteiger partial charge is 0.462 e. The molecule has 1 aromatic rings. The maximum absolute atomic E-state index is 12.4. The van der Waals surface area contributed by atoms with Crippen LogP contribution < -0.4 is 0 Å². The number of hydrogen-bond acceptors (Lipinski definition) is 6. The fourth-order valence-electron chi connectivity index (χ4n) is 6.96. The summed E-state index contributed by atoms with van der Waals surface area (Å²) < 4.78 is 11.2. The summed E-state index contributed by atoms with van der Waals surface area (Å²) in [6.45, 7) is 8.36. The highest BCUT2D eigenvalue weighted by molar-refractivity contribution is 5.89. The van der Waals surface area contributed by atoms with E-state index in [0.29, 0.717) is 11.5 Å². The summed E-state index contributed by atoms with van der Waals surface area (Å²) in [4.78, 5) is 34.2. The van der Waals surface area contributed by atoms with E-state index in [2.05, 4.69) is 20.8 Å². The Labute approximate surface area is 163 Å². The number of nitro benzene ring substituents is 1. The SMILES string of the molecule is CC(=O)OC1CC2CC(C)(C)C23C(COC(=O)c2ccc([N+](=O)[O-])cc2)C13C. The Kier molecular flexibility index (Phi) is 3.90. The first-order chi connectivity index (χ1) is 13.1. The highest BCUT2D eigenvalue weighted by Gasteiger charge is 2.91. The van der Waals surface area contributed by atoms with E-state index in [9.17, 15) is 19.7 Å². The van der Waals surface area contributed by atoms with Crippen LogP contribution in [-0.4, -0.2) is 29.6 Å². The van der Waals surface area contributed by atoms with E-state index in [1.807, 2.05) is 0 Å². The van der Waals surface area contributed by atoms with E-state index in [-0.39, 0.29) is 46.5 Å². The quantitative estimate of drug-likeness (QED) is 0.434. The van der Waals surface area contributed by atoms with E-state index in [1.165, 1.54) is 31.2 Å². The smallest absolute Gasteiger partial charge is 0.338 e. The third-order valence-corrected chi connectivity index (χ3v) is 7.77. The van der Waals surface area contributed by atoms with Crippen LogP contribution in [0, 0.1) is 38.2 Å². The first-order valence-electron chi connectivity index (χ1n) is 9.64. The van der Waals surface area contributed by atoms with Crippen LogP contribution in [0.5, 0.6) is 0 Å². The van der Waals surface area contributed by atoms with Crippen LogP contribution >= 0.6 is 0 Å². The molecule has 3 aliphatic rings. The van der Waals surface area contributed by atoms with Gasteiger partial charge in [-0.1, -0.05) is 20.8 Å². The molecule has 7 nitrogen and oxygen atoms in total. The second-order valence-electron chi connectivity index (χ2n) is 9.23. The summed E-state index contributed by atoms with van der Waals surface area (Å²) in [7, 11) is 0. The van der Waals surface area contributed by atoms with Crippen molar-refractivity contribution in [2.75, 3.05) is 6.61 Å². The number of hydrogen-bond donors (Lipinski definition) is 0. The zero-order valence-corrected chi connectivity index (χ0v) is 16.6. The summed E-state index contributed by atoms with van der Waals surface area (Å²) in [5, 5.41) is 10.7. The number of carbonyl (C=O) groups is 2. The van der Waals surface area contributed by atoms with Gasteiger partial charge in [-0.2, -0.15) is 0 Å². The Morgan fingerprint density at radius 2 is 1.86 bits per heavy atom. The molecule has 0 N–H and O–H groups in total. The molecule has 3 fully saturated rings. The number of nitro groups is 1. The van der Waals surface area contributed by atoms with Gasteiger partial charge in [0.15, 0.2) is 0 Å². The Bertz CT molecular complexity index is 862. The average Bonchev–Trinajstić information content (AvgIpc) is 3.15. The molecule has 1 spiro atoms. The number of nitrogens with zero attached hydrogens (tertiary/aromatic N) is 1. The van der Waals surface area contributed by atoms with Gasteiger partial charge in [0.1, 0.15) is 6.10 Å². The number of benzene rings is 1. The van der Waals surface area contributed by atoms with Crippen molar-refractivity contribution in [2.45, 2.75) is 46.6 Å². The summed E-state index contributed by atoms with van der Waals surface area (Å²) in [5.74, 6) is -0.125. The second kappa shape index (κ2) is 5.78. The molecular formula is C21H25NO6. The van der Waals surface area contributed by atoms with Gasteiger partial charge in [-0.05, 0) is 41.7 Å². The number of rotatable bonds is 5. The first kappa shape index (κ1) is 18.9. The number of carbonyl (C=O) groups excluding carboxylic acids is 2. The maximum Gasteiger partial charge on any atom is 0.338 e. The molecule has 0 heterocycles. The average molecular weight is 387 g/mol. The predicted molar refractivity (Wildman–Crippen MR) is 99.5 cm³/mol. The monoisotopic (exact) mass is 387 g/mol. The molecule has 4 rings (SSSR count). The van der Waals surface area contributed by atoms with Gasteiger partial charge < -0.3 is 9.47 Å². The van der Waals surface area contributed by atoms with Crippen LogP contribution in [0.4, 0.5) is 5.69 Å². The van der Waals surface area contributed by atoms with E-state index in [4.69, 9.17) is 9.47 Å². The third-order valence-electron chi connectivity index (χ3n) is 7.77. The van der Waals surface area contributed by atoms with E-state index in [1.54, 1.807) is 0 Å². The molecule has 0 bridgehead atoms. The molecule has 150 valence electrons. The summed E-state index contributed by atoms with van der Waals surface area (Å²) in [6.07, 6.45) is 1.83. The molecule has 5 atom stereocenters. The molecule has 0 aromatic heterocycles. The lowest BCUT2D eigenvalue weighted by Crippen LogP contribution is -2.47. The molecule has 1 aromatic carbocycles. The van der Waals surface area contributed by atoms with Crippen LogP contribution in [0.3, 0.4) is 0 Å². The Balaban J connectivity index is 1.48. The van der Waals surface area contributed by atoms with Crippen molar-refractivity contribution in [3.63, 3.8) is 0 Å². The number of esters is 2. The zero-order chi connectivity index (χ0) is 20.5. The van der Waals surface area contributed by atoms with E-state index >= 15 is 0 Å². The molecule has 0 aliphatic heterocycles. The molecule has 28 heavy (non-hydrogen) atoms. The van der Waals surface area contributed by atoms with Crippen LogP contribution in [-0.2, 0) is 14.3 Å². The minimum Gasteiger partial charge on any atom is -0.462 e. The van der Waals surface area contributed by atoms with Crippen molar-refractivity contribution in [2.24, 2.45) is 28.1 Å². The van der Waals surface area contributed by atoms with Crippen molar-refractivity contribution >= 4 is 17.6 Å². The van der Waals surface area contributed by atoms with Gasteiger partial charge in [-0.25, -0.2) is 4.79 Å². The van der Waals surface area contributed by atoms with Gasteiger partial charge in [-0.3, -0.25) is 14.9 Å². The Morgan fingerprint density at radius 1 is 1.21 bits per heavy atom. The number of non-ortho nitro benzene ring substituents is 1. The first-order valence-corrected chi connectivity index (χ1v) is 9.64. The Hall–Kier alpha value is -2.44. The normalized spacial score (nSPS) is 36.5. The molecule has 3 aliphatic carbocycles. The predicted octanol–water partition coefficient (Wildman–Crippen LogP) is 3.76. The molecule has 3 saturated carbocycles. The van der Waals surface area contributed by atoms with Crippen LogP contribution in [0.2, 0.25) is 0 Å². The number of ether oxygens (including phenoxy) is 2. The molecular weight excluding hydrogens is 362 g/mol. The molecule has 5 unspecified atom stereocenters. The highest BCUT2D eigenvalue weighted by atomic mass is 16.6. The lowest BCUT2D eigenvalue weighted by molar-refractivity contribution is -0.384. The summed E-state index contributed by atoms with van der Waals surface area (Å²) in [6, 6.07) is 5.41. The topological polar surface area (TPSA) is 95.7 Å². The summed E-state index contributed by atoms with van der Waals surface area (Å²) in [5.41, 5.74) is 0.200. The zero-order valence-electron chi connectivity index (χ0n) is 16.6. The minimum atomic E-state index is -0.505. The second-order valence-corrected chi connectivity index (χ2v) is 9.23. The van der Waals surface area contributed by atoms with E-state index < -0.39 is 10.9 Å². The highest BCUT2D eigenvalue weighted by Crippen LogP contribution is 2.92. The van der Waals surface area contributed by atoms with Crippen molar-refractivity contribution in [1.82, 2.24) is 0 Å². The van der Waals surface area contributed by atoms with Crippen molar-refractivity contribution in [1.29, 1.82) is 0 Å². The van der Waals surface area contributed by atoms with Crippen LogP contribution in [0.1, 0.15) is 50.9 Å². The fourth-order valence-corrected chi connectivity index (χ4v) is 6.96. The molecule has 0 saturated heterocycles. The minimum absolute atomic E-state index is 0.0376. The fraction of sp³-hybridized carbons (Fsp3) is 0.619. The van der Waals surface area contributed by atoms with Crippen molar-refractivity contribution < 1.29 is 24.0 Å². The third kappa shape index (κ3) is 2.22. The van der Waals surface area contributed by atoms with Crippen molar-refractivity contribution in [3.8, 4) is 0 Å². The van der Waals surface area contributed by atoms with Gasteiger partial charge in [0, 0.05) is 30.4 Å². The van der Waals surface area contributed by atoms with Crippen molar-refractivity contribution in [3.05, 3.63) is 39.9 Å². The van der Waals surface area contributed by atoms with Gasteiger partial charge in [0.25, 0.3) is 5.69 Å². The summed E-state index contributed by atoms with van der Waals surface area (Å²) >= 11 is 0. The van der Waals surface area contributed by atoms with Gasteiger partial charge in [-0.15, -0.1) is 0 Å². The molecule has 0 radical (unpaired) electrons. The van der Waals surface area contributed by atoms with Gasteiger partial charge in [0.05, 0.1) is 17.1 Å². The van der Waals surface area contributed by atoms with Gasteiger partial charge in [0.2, 0.25) is 0 Å². The van der Waals surface area contributed by atoms with Crippen LogP contribution in [0.25, 0.3) is 0 Å². The van der Waals surface area contributed by atoms with Crippen LogP contribution in [0.15, 0.2) is 24.3 Å².